The van der Waals surface area contributed by atoms with Crippen molar-refractivity contribution >= 4 is 23.5 Å². The molecule has 6 heterocycles. The van der Waals surface area contributed by atoms with Crippen molar-refractivity contribution in [2.24, 2.45) is 34.5 Å². The molecule has 38 heavy (non-hydrogen) atoms. The van der Waals surface area contributed by atoms with E-state index >= 15 is 0 Å². The largest absolute Gasteiger partial charge is 0.458 e. The molecule has 10 heteroatoms. The van der Waals surface area contributed by atoms with Gasteiger partial charge in [-0.2, -0.15) is 0 Å². The SMILES string of the molecule is CC12OC(=O)[C@@]3(O)CCC4C(C[C@H]5O[C@]56CC=CC(=O)[C@]46C)C45OC[C@@H]6C(=O)O[C@@H]1C[C@@]6(C)[C@H](C4=O)C23O5. The summed E-state index contributed by atoms with van der Waals surface area (Å²) in [6, 6.07) is 0. The highest BCUT2D eigenvalue weighted by atomic mass is 16.8. The maximum absolute atomic E-state index is 14.9. The number of ether oxygens (including phenoxy) is 5. The number of allylic oxidation sites excluding steroid dienone is 1. The predicted molar refractivity (Wildman–Crippen MR) is 122 cm³/mol. The zero-order valence-electron chi connectivity index (χ0n) is 21.5. The summed E-state index contributed by atoms with van der Waals surface area (Å²) in [6.45, 7) is 5.27. The van der Waals surface area contributed by atoms with Gasteiger partial charge in [0.2, 0.25) is 5.79 Å². The van der Waals surface area contributed by atoms with E-state index < -0.39 is 80.7 Å². The van der Waals surface area contributed by atoms with Crippen LogP contribution < -0.4 is 0 Å². The first kappa shape index (κ1) is 22.7. The zero-order valence-corrected chi connectivity index (χ0v) is 21.5. The van der Waals surface area contributed by atoms with Crippen LogP contribution in [0, 0.1) is 34.5 Å². The van der Waals surface area contributed by atoms with Crippen LogP contribution in [0.2, 0.25) is 0 Å². The van der Waals surface area contributed by atoms with Crippen LogP contribution >= 0.6 is 0 Å². The second kappa shape index (κ2) is 5.82. The van der Waals surface area contributed by atoms with Crippen LogP contribution in [-0.2, 0) is 42.9 Å². The first-order valence-corrected chi connectivity index (χ1v) is 13.8. The third-order valence-corrected chi connectivity index (χ3v) is 12.9. The van der Waals surface area contributed by atoms with E-state index in [9.17, 15) is 24.3 Å². The normalized spacial score (nSPS) is 64.1. The molecule has 5 unspecified atom stereocenters. The average molecular weight is 527 g/mol. The van der Waals surface area contributed by atoms with Crippen LogP contribution in [0.15, 0.2) is 12.2 Å². The Morgan fingerprint density at radius 3 is 2.63 bits per heavy atom. The van der Waals surface area contributed by atoms with Crippen molar-refractivity contribution in [1.29, 1.82) is 0 Å². The van der Waals surface area contributed by atoms with E-state index in [0.29, 0.717) is 12.8 Å². The van der Waals surface area contributed by atoms with Gasteiger partial charge in [-0.15, -0.1) is 0 Å². The predicted octanol–water partition coefficient (Wildman–Crippen LogP) is 0.768. The van der Waals surface area contributed by atoms with Crippen LogP contribution in [0.3, 0.4) is 0 Å². The molecule has 10 nitrogen and oxygen atoms in total. The van der Waals surface area contributed by atoms with Gasteiger partial charge in [0, 0.05) is 5.92 Å². The number of carbonyl (C=O) groups is 4. The number of hydrogen-bond acceptors (Lipinski definition) is 10. The number of Topliss-reactive ketones (excluding diaryl/α,β-unsaturated/α-hetero) is 1. The molecule has 3 spiro atoms. The molecular formula is C28H30O10. The fourth-order valence-electron chi connectivity index (χ4n) is 10.9. The van der Waals surface area contributed by atoms with Crippen LogP contribution in [0.1, 0.15) is 52.9 Å². The third-order valence-electron chi connectivity index (χ3n) is 12.9. The number of fused-ring (bicyclic) bond motifs is 4. The Morgan fingerprint density at radius 2 is 1.84 bits per heavy atom. The van der Waals surface area contributed by atoms with Gasteiger partial charge in [-0.05, 0) is 63.4 Å². The lowest BCUT2D eigenvalue weighted by Crippen LogP contribution is -2.79. The summed E-state index contributed by atoms with van der Waals surface area (Å²) in [4.78, 5) is 55.6. The minimum Gasteiger partial charge on any atom is -0.458 e. The molecule has 6 saturated heterocycles. The first-order chi connectivity index (χ1) is 17.9. The van der Waals surface area contributed by atoms with Gasteiger partial charge in [0.05, 0.1) is 30.0 Å². The molecule has 6 aliphatic heterocycles. The lowest BCUT2D eigenvalue weighted by atomic mass is 9.46. The lowest BCUT2D eigenvalue weighted by Gasteiger charge is -2.63. The van der Waals surface area contributed by atoms with E-state index in [1.165, 1.54) is 0 Å². The van der Waals surface area contributed by atoms with Crippen molar-refractivity contribution in [3.05, 3.63) is 12.2 Å². The summed E-state index contributed by atoms with van der Waals surface area (Å²) in [7, 11) is 0. The van der Waals surface area contributed by atoms with E-state index in [4.69, 9.17) is 23.7 Å². The van der Waals surface area contributed by atoms with Crippen molar-refractivity contribution in [3.8, 4) is 0 Å². The van der Waals surface area contributed by atoms with Crippen molar-refractivity contribution < 1.29 is 48.0 Å². The lowest BCUT2D eigenvalue weighted by molar-refractivity contribution is -0.375. The van der Waals surface area contributed by atoms with Gasteiger partial charge < -0.3 is 28.8 Å². The maximum atomic E-state index is 14.9. The van der Waals surface area contributed by atoms with Gasteiger partial charge in [-0.25, -0.2) is 4.79 Å². The third kappa shape index (κ3) is 1.79. The Balaban J connectivity index is 1.34. The monoisotopic (exact) mass is 526 g/mol. The summed E-state index contributed by atoms with van der Waals surface area (Å²) >= 11 is 0. The number of hydrogen-bond donors (Lipinski definition) is 1. The molecule has 5 bridgehead atoms. The molecule has 0 aromatic rings. The van der Waals surface area contributed by atoms with Crippen molar-refractivity contribution in [2.45, 2.75) is 93.3 Å². The Kier molecular flexibility index (Phi) is 3.47. The molecule has 3 aliphatic carbocycles. The number of aliphatic hydroxyl groups is 1. The van der Waals surface area contributed by atoms with Gasteiger partial charge in [-0.1, -0.05) is 13.0 Å². The molecular weight excluding hydrogens is 496 g/mol. The quantitative estimate of drug-likeness (QED) is 0.356. The fourth-order valence-corrected chi connectivity index (χ4v) is 10.9. The van der Waals surface area contributed by atoms with E-state index in [-0.39, 0.29) is 43.5 Å². The average Bonchev–Trinajstić information content (AvgIpc) is 3.45. The molecule has 13 atom stereocenters. The summed E-state index contributed by atoms with van der Waals surface area (Å²) in [5.41, 5.74) is -8.23. The molecule has 9 rings (SSSR count). The second-order valence-corrected chi connectivity index (χ2v) is 13.8. The molecule has 0 aromatic carbocycles. The molecule has 8 fully saturated rings. The number of ketones is 2. The first-order valence-electron chi connectivity index (χ1n) is 13.8. The Hall–Kier alpha value is -2.14. The van der Waals surface area contributed by atoms with Gasteiger partial charge in [-0.3, -0.25) is 14.4 Å². The zero-order chi connectivity index (χ0) is 26.5. The highest BCUT2D eigenvalue weighted by Crippen LogP contribution is 2.77. The van der Waals surface area contributed by atoms with Gasteiger partial charge in [0.25, 0.3) is 0 Å². The van der Waals surface area contributed by atoms with Crippen LogP contribution in [0.5, 0.6) is 0 Å². The Bertz CT molecular complexity index is 1340. The Morgan fingerprint density at radius 1 is 1.05 bits per heavy atom. The van der Waals surface area contributed by atoms with Crippen LogP contribution in [0.25, 0.3) is 0 Å². The molecule has 9 aliphatic rings. The van der Waals surface area contributed by atoms with E-state index in [2.05, 4.69) is 0 Å². The molecule has 0 amide bonds. The summed E-state index contributed by atoms with van der Waals surface area (Å²) < 4.78 is 31.5. The van der Waals surface area contributed by atoms with Crippen LogP contribution in [0.4, 0.5) is 0 Å². The van der Waals surface area contributed by atoms with Crippen molar-refractivity contribution in [2.75, 3.05) is 6.61 Å². The van der Waals surface area contributed by atoms with Crippen molar-refractivity contribution in [3.63, 3.8) is 0 Å². The maximum Gasteiger partial charge on any atom is 0.342 e. The molecule has 2 saturated carbocycles. The van der Waals surface area contributed by atoms with Gasteiger partial charge >= 0.3 is 11.9 Å². The van der Waals surface area contributed by atoms with E-state index in [1.54, 1.807) is 13.0 Å². The topological polar surface area (TPSA) is 138 Å². The van der Waals surface area contributed by atoms with Gasteiger partial charge in [0.1, 0.15) is 11.7 Å². The molecule has 0 radical (unpaired) electrons. The number of epoxide rings is 1. The second-order valence-electron chi connectivity index (χ2n) is 13.8. The number of rotatable bonds is 0. The number of carbonyl (C=O) groups excluding carboxylic acids is 4. The van der Waals surface area contributed by atoms with Crippen molar-refractivity contribution in [1.82, 2.24) is 0 Å². The number of esters is 2. The molecule has 202 valence electrons. The molecule has 1 N–H and O–H groups in total. The summed E-state index contributed by atoms with van der Waals surface area (Å²) in [6.07, 6.45) is 3.82. The highest BCUT2D eigenvalue weighted by molar-refractivity contribution is 6.00. The standard InChI is InChI=1S/C28H30O10/c1-22-10-17-24(3)28-18(22)19(30)27(38-28,34-11-14(22)20(31)35-17)13-9-16-26(36-16)7-4-5-15(29)23(26,2)12(13)6-8-25(28,33)21(32)37-24/h4-5,12-14,16-18,33H,6-11H2,1-3H3/t12?,13?,14-,16-,17-,18+,22-,23+,24?,25+,26-,27?,28?/m1/s1. The summed E-state index contributed by atoms with van der Waals surface area (Å²) in [5.74, 6) is -6.56. The fraction of sp³-hybridized carbons (Fsp3) is 0.786. The van der Waals surface area contributed by atoms with Crippen LogP contribution in [-0.4, -0.2) is 75.6 Å². The van der Waals surface area contributed by atoms with Gasteiger partial charge in [0.15, 0.2) is 28.4 Å². The smallest absolute Gasteiger partial charge is 0.342 e. The molecule has 0 aromatic heterocycles. The minimum absolute atomic E-state index is 0.0583. The Labute approximate surface area is 218 Å². The minimum atomic E-state index is -2.19. The summed E-state index contributed by atoms with van der Waals surface area (Å²) in [5, 5.41) is 12.4. The van der Waals surface area contributed by atoms with E-state index in [0.717, 1.165) is 0 Å². The highest BCUT2D eigenvalue weighted by Gasteiger charge is 2.94. The van der Waals surface area contributed by atoms with E-state index in [1.807, 2.05) is 19.9 Å².